The van der Waals surface area contributed by atoms with E-state index in [1.54, 1.807) is 0 Å². The van der Waals surface area contributed by atoms with E-state index in [-0.39, 0.29) is 47.9 Å². The van der Waals surface area contributed by atoms with Crippen LogP contribution >= 0.6 is 0 Å². The molecule has 0 aromatic carbocycles. The predicted octanol–water partition coefficient (Wildman–Crippen LogP) is -4.96. The molecule has 0 saturated carbocycles. The van der Waals surface area contributed by atoms with E-state index in [1.807, 2.05) is 0 Å². The van der Waals surface area contributed by atoms with Gasteiger partial charge in [0.05, 0.1) is 0 Å². The first-order valence-corrected chi connectivity index (χ1v) is 1.41. The molecule has 0 unspecified atom stereocenters. The van der Waals surface area contributed by atoms with Crippen LogP contribution in [0.5, 0.6) is 0 Å². The summed E-state index contributed by atoms with van der Waals surface area (Å²) < 4.78 is 0. The Balaban J connectivity index is -0.00000000667. The molecule has 0 atom stereocenters. The molecule has 0 nitrogen and oxygen atoms in total. The molecule has 0 rings (SSSR count). The van der Waals surface area contributed by atoms with Crippen molar-refractivity contribution in [3.8, 4) is 0 Å². The Bertz CT molecular complexity index is 8.75. The van der Waals surface area contributed by atoms with Crippen molar-refractivity contribution in [3.05, 3.63) is 0 Å². The molecule has 0 aliphatic heterocycles. The zero-order valence-electron chi connectivity index (χ0n) is 4.17. The summed E-state index contributed by atoms with van der Waals surface area (Å²) in [4.78, 5) is 0. The molecule has 36 valence electrons. The molecule has 0 aliphatic carbocycles. The van der Waals surface area contributed by atoms with Crippen LogP contribution in [0.3, 0.4) is 0 Å². The second kappa shape index (κ2) is 33.0. The van der Waals surface area contributed by atoms with Gasteiger partial charge in [0, 0.05) is 0 Å². The zero-order chi connectivity index (χ0) is 2.71. The van der Waals surface area contributed by atoms with Crippen molar-refractivity contribution in [2.24, 2.45) is 0 Å². The van der Waals surface area contributed by atoms with Crippen molar-refractivity contribution in [3.63, 3.8) is 0 Å². The van der Waals surface area contributed by atoms with Crippen LogP contribution in [0.4, 0.5) is 0 Å². The van der Waals surface area contributed by atoms with E-state index in [9.17, 15) is 0 Å². The summed E-state index contributed by atoms with van der Waals surface area (Å²) >= 11 is 0. The smallest absolute Gasteiger partial charge is 1.00 e. The second-order valence-corrected chi connectivity index (χ2v) is 0.707. The molecular weight excluding hydrogens is 131 g/mol. The third-order valence-electron chi connectivity index (χ3n) is 0. The molecule has 0 amide bonds. The van der Waals surface area contributed by atoms with Crippen LogP contribution in [-0.4, -0.2) is 23.1 Å². The summed E-state index contributed by atoms with van der Waals surface area (Å²) in [5.74, 6) is 0. The van der Waals surface area contributed by atoms with Crippen LogP contribution in [0, 0.1) is 0 Å². The average Bonchev–Trinajstić information content (AvgIpc) is 0.918. The zero-order valence-corrected chi connectivity index (χ0v) is 7.10. The second-order valence-electron chi connectivity index (χ2n) is 0.707. The van der Waals surface area contributed by atoms with Gasteiger partial charge in [-0.25, -0.2) is 0 Å². The number of hydrogen-bond donors (Lipinski definition) is 0. The van der Waals surface area contributed by atoms with Crippen LogP contribution in [-0.2, 0) is 0 Å². The normalized spacial score (nSPS) is 3.00. The minimum Gasteiger partial charge on any atom is -1.00 e. The van der Waals surface area contributed by atoms with Crippen molar-refractivity contribution in [2.45, 2.75) is 20.3 Å². The summed E-state index contributed by atoms with van der Waals surface area (Å²) in [7, 11) is 0. The Morgan fingerprint density at radius 3 is 1.00 bits per heavy atom. The van der Waals surface area contributed by atoms with Gasteiger partial charge < -0.3 is 24.8 Å². The van der Waals surface area contributed by atoms with E-state index >= 15 is 0 Å². The van der Waals surface area contributed by atoms with E-state index < -0.39 is 0 Å². The van der Waals surface area contributed by atoms with Gasteiger partial charge in [0.1, 0.15) is 0 Å². The van der Waals surface area contributed by atoms with Crippen molar-refractivity contribution in [1.82, 2.24) is 0 Å². The SMILES string of the molecule is CCC.[Cl-].[Cl-].[Mg+2]. The van der Waals surface area contributed by atoms with Gasteiger partial charge in [0.25, 0.3) is 0 Å². The molecule has 0 N–H and O–H groups in total. The molecular formula is C3H8Cl2Mg. The van der Waals surface area contributed by atoms with Gasteiger partial charge in [-0.3, -0.25) is 0 Å². The van der Waals surface area contributed by atoms with Crippen molar-refractivity contribution >= 4 is 23.1 Å². The van der Waals surface area contributed by atoms with Crippen molar-refractivity contribution < 1.29 is 24.8 Å². The number of hydrogen-bond acceptors (Lipinski definition) is 0. The third kappa shape index (κ3) is 55.7. The standard InChI is InChI=1S/C3H8.2ClH.Mg/c1-3-2;;;/h3H2,1-2H3;2*1H;/q;;;+2/p-2. The Morgan fingerprint density at radius 1 is 1.00 bits per heavy atom. The first-order chi connectivity index (χ1) is 1.41. The van der Waals surface area contributed by atoms with E-state index in [0.717, 1.165) is 0 Å². The Labute approximate surface area is 68.0 Å². The maximum Gasteiger partial charge on any atom is 2.00 e. The molecule has 0 heterocycles. The average molecular weight is 139 g/mol. The molecule has 0 radical (unpaired) electrons. The predicted molar refractivity (Wildman–Crippen MR) is 21.7 cm³/mol. The molecule has 6 heavy (non-hydrogen) atoms. The summed E-state index contributed by atoms with van der Waals surface area (Å²) in [5.41, 5.74) is 0. The van der Waals surface area contributed by atoms with Crippen LogP contribution in [0.15, 0.2) is 0 Å². The summed E-state index contributed by atoms with van der Waals surface area (Å²) in [6.45, 7) is 4.25. The quantitative estimate of drug-likeness (QED) is 0.295. The van der Waals surface area contributed by atoms with Crippen LogP contribution < -0.4 is 24.8 Å². The minimum atomic E-state index is 0. The van der Waals surface area contributed by atoms with Gasteiger partial charge in [-0.2, -0.15) is 0 Å². The number of halogens is 2. The molecule has 0 aromatic heterocycles. The first-order valence-electron chi connectivity index (χ1n) is 1.41. The maximum atomic E-state index is 2.12. The van der Waals surface area contributed by atoms with Gasteiger partial charge >= 0.3 is 23.1 Å². The van der Waals surface area contributed by atoms with Crippen LogP contribution in [0.1, 0.15) is 20.3 Å². The minimum absolute atomic E-state index is 0. The largest absolute Gasteiger partial charge is 2.00 e. The van der Waals surface area contributed by atoms with Gasteiger partial charge in [0.2, 0.25) is 0 Å². The van der Waals surface area contributed by atoms with Crippen molar-refractivity contribution in [1.29, 1.82) is 0 Å². The van der Waals surface area contributed by atoms with E-state index in [2.05, 4.69) is 13.8 Å². The first kappa shape index (κ1) is 26.4. The number of rotatable bonds is 0. The Kier molecular flexibility index (Phi) is 145. The topological polar surface area (TPSA) is 0 Å². The molecule has 0 aromatic rings. The van der Waals surface area contributed by atoms with Gasteiger partial charge in [0.15, 0.2) is 0 Å². The summed E-state index contributed by atoms with van der Waals surface area (Å²) in [5, 5.41) is 0. The fraction of sp³-hybridized carbons (Fsp3) is 1.00. The molecule has 0 saturated heterocycles. The fourth-order valence-electron chi connectivity index (χ4n) is 0. The van der Waals surface area contributed by atoms with E-state index in [1.165, 1.54) is 6.42 Å². The van der Waals surface area contributed by atoms with Gasteiger partial charge in [-0.05, 0) is 0 Å². The van der Waals surface area contributed by atoms with Crippen LogP contribution in [0.25, 0.3) is 0 Å². The summed E-state index contributed by atoms with van der Waals surface area (Å²) in [6.07, 6.45) is 1.25. The maximum absolute atomic E-state index is 2.12. The fourth-order valence-corrected chi connectivity index (χ4v) is 0. The van der Waals surface area contributed by atoms with Gasteiger partial charge in [-0.1, -0.05) is 20.3 Å². The molecule has 3 heteroatoms. The summed E-state index contributed by atoms with van der Waals surface area (Å²) in [6, 6.07) is 0. The molecule has 0 fully saturated rings. The Hall–Kier alpha value is 1.35. The Morgan fingerprint density at radius 2 is 1.00 bits per heavy atom. The van der Waals surface area contributed by atoms with Crippen molar-refractivity contribution in [2.75, 3.05) is 0 Å². The van der Waals surface area contributed by atoms with E-state index in [0.29, 0.717) is 0 Å². The molecule has 0 spiro atoms. The van der Waals surface area contributed by atoms with E-state index in [4.69, 9.17) is 0 Å². The van der Waals surface area contributed by atoms with Crippen LogP contribution in [0.2, 0.25) is 0 Å². The monoisotopic (exact) mass is 138 g/mol. The third-order valence-corrected chi connectivity index (χ3v) is 0. The molecule has 0 bridgehead atoms. The molecule has 0 aliphatic rings. The van der Waals surface area contributed by atoms with Gasteiger partial charge in [-0.15, -0.1) is 0 Å².